The number of aliphatic hydroxyl groups is 1. The maximum atomic E-state index is 12.8. The molecule has 2 aromatic rings. The summed E-state index contributed by atoms with van der Waals surface area (Å²) >= 11 is 6.29. The van der Waals surface area contributed by atoms with Crippen molar-refractivity contribution in [2.45, 2.75) is 25.9 Å². The number of hydrogen-bond acceptors (Lipinski definition) is 6. The van der Waals surface area contributed by atoms with Gasteiger partial charge in [0.15, 0.2) is 11.5 Å². The van der Waals surface area contributed by atoms with Crippen LogP contribution in [0.25, 0.3) is 6.08 Å². The Balaban J connectivity index is 1.67. The Morgan fingerprint density at radius 3 is 2.67 bits per heavy atom. The molecule has 2 atom stereocenters. The lowest BCUT2D eigenvalue weighted by molar-refractivity contribution is -0.140. The molecule has 2 aliphatic rings. The van der Waals surface area contributed by atoms with Gasteiger partial charge >= 0.3 is 5.97 Å². The van der Waals surface area contributed by atoms with Crippen molar-refractivity contribution in [1.82, 2.24) is 0 Å². The molecule has 1 N–H and O–H groups in total. The van der Waals surface area contributed by atoms with Gasteiger partial charge in [0.2, 0.25) is 6.79 Å². The quantitative estimate of drug-likeness (QED) is 0.716. The van der Waals surface area contributed by atoms with Gasteiger partial charge in [-0.1, -0.05) is 37.6 Å². The van der Waals surface area contributed by atoms with Crippen LogP contribution in [0.2, 0.25) is 5.02 Å². The Kier molecular flexibility index (Phi) is 5.38. The second kappa shape index (κ2) is 7.85. The minimum Gasteiger partial charge on any atom is -0.497 e. The van der Waals surface area contributed by atoms with Gasteiger partial charge in [0.25, 0.3) is 0 Å². The second-order valence-electron chi connectivity index (χ2n) is 7.75. The lowest BCUT2D eigenvalue weighted by Gasteiger charge is -2.31. The van der Waals surface area contributed by atoms with Crippen molar-refractivity contribution in [3.05, 3.63) is 58.3 Å². The first-order chi connectivity index (χ1) is 14.3. The number of esters is 1. The summed E-state index contributed by atoms with van der Waals surface area (Å²) in [5.74, 6) is 0.474. The average molecular weight is 431 g/mol. The van der Waals surface area contributed by atoms with E-state index in [0.717, 1.165) is 16.9 Å². The maximum Gasteiger partial charge on any atom is 0.317 e. The van der Waals surface area contributed by atoms with Crippen LogP contribution in [0.1, 0.15) is 25.0 Å². The Bertz CT molecular complexity index is 997. The number of methoxy groups -OCH3 is 1. The van der Waals surface area contributed by atoms with E-state index in [4.69, 9.17) is 30.5 Å². The van der Waals surface area contributed by atoms with Crippen molar-refractivity contribution in [3.8, 4) is 17.2 Å². The molecule has 0 spiro atoms. The highest BCUT2D eigenvalue weighted by molar-refractivity contribution is 6.32. The lowest BCUT2D eigenvalue weighted by Crippen LogP contribution is -2.43. The van der Waals surface area contributed by atoms with Gasteiger partial charge in [-0.2, -0.15) is 0 Å². The second-order valence-corrected chi connectivity index (χ2v) is 8.16. The van der Waals surface area contributed by atoms with E-state index in [-0.39, 0.29) is 24.9 Å². The van der Waals surface area contributed by atoms with Gasteiger partial charge in [0.05, 0.1) is 18.1 Å². The molecule has 7 heteroatoms. The number of carbonyl (C=O) groups is 1. The number of benzene rings is 2. The molecule has 2 heterocycles. The maximum absolute atomic E-state index is 12.8. The summed E-state index contributed by atoms with van der Waals surface area (Å²) in [6, 6.07) is 10.8. The van der Waals surface area contributed by atoms with E-state index < -0.39 is 17.5 Å². The van der Waals surface area contributed by atoms with Gasteiger partial charge < -0.3 is 24.1 Å². The molecule has 0 unspecified atom stereocenters. The number of cyclic esters (lactones) is 1. The van der Waals surface area contributed by atoms with Crippen LogP contribution in [0.5, 0.6) is 17.2 Å². The van der Waals surface area contributed by atoms with Crippen molar-refractivity contribution in [3.63, 3.8) is 0 Å². The fourth-order valence-corrected chi connectivity index (χ4v) is 4.20. The summed E-state index contributed by atoms with van der Waals surface area (Å²) in [4.78, 5) is 12.8. The third-order valence-corrected chi connectivity index (χ3v) is 5.92. The van der Waals surface area contributed by atoms with E-state index in [0.29, 0.717) is 16.5 Å². The summed E-state index contributed by atoms with van der Waals surface area (Å²) < 4.78 is 21.5. The molecule has 0 aliphatic carbocycles. The average Bonchev–Trinajstić information content (AvgIpc) is 3.28. The predicted octanol–water partition coefficient (Wildman–Crippen LogP) is 4.22. The summed E-state index contributed by atoms with van der Waals surface area (Å²) in [7, 11) is 1.59. The molecule has 2 aliphatic heterocycles. The van der Waals surface area contributed by atoms with Gasteiger partial charge in [0, 0.05) is 0 Å². The van der Waals surface area contributed by atoms with Gasteiger partial charge in [-0.05, 0) is 53.8 Å². The molecular weight excluding hydrogens is 408 g/mol. The highest BCUT2D eigenvalue weighted by Crippen LogP contribution is 2.46. The third-order valence-electron chi connectivity index (χ3n) is 5.64. The van der Waals surface area contributed by atoms with Crippen molar-refractivity contribution in [2.75, 3.05) is 13.9 Å². The molecule has 0 aromatic heterocycles. The molecule has 0 radical (unpaired) electrons. The molecule has 0 amide bonds. The highest BCUT2D eigenvalue weighted by Gasteiger charge is 2.55. The first-order valence-corrected chi connectivity index (χ1v) is 10.1. The van der Waals surface area contributed by atoms with Crippen LogP contribution in [0.15, 0.2) is 42.2 Å². The SMILES string of the molecule is COc1ccc(/C=C2\OC(=O)[C@@H](Cc3cc(Cl)c4c(c3)OCO4)[C@@]2(O)C(C)C)cc1. The Labute approximate surface area is 180 Å². The summed E-state index contributed by atoms with van der Waals surface area (Å²) in [6.45, 7) is 3.83. The number of ether oxygens (including phenoxy) is 4. The van der Waals surface area contributed by atoms with Gasteiger partial charge in [-0.25, -0.2) is 0 Å². The monoisotopic (exact) mass is 430 g/mol. The van der Waals surface area contributed by atoms with E-state index in [9.17, 15) is 9.90 Å². The smallest absolute Gasteiger partial charge is 0.317 e. The van der Waals surface area contributed by atoms with Crippen LogP contribution in [-0.4, -0.2) is 30.6 Å². The van der Waals surface area contributed by atoms with E-state index in [1.165, 1.54) is 0 Å². The molecule has 30 heavy (non-hydrogen) atoms. The third kappa shape index (κ3) is 3.50. The molecule has 4 rings (SSSR count). The zero-order valence-electron chi connectivity index (χ0n) is 17.0. The minimum absolute atomic E-state index is 0.106. The van der Waals surface area contributed by atoms with Crippen LogP contribution >= 0.6 is 11.6 Å². The van der Waals surface area contributed by atoms with Crippen molar-refractivity contribution >= 4 is 23.6 Å². The van der Waals surface area contributed by atoms with E-state index in [1.807, 2.05) is 38.1 Å². The summed E-state index contributed by atoms with van der Waals surface area (Å²) in [5, 5.41) is 12.0. The Hall–Kier alpha value is -2.70. The van der Waals surface area contributed by atoms with Gasteiger partial charge in [-0.3, -0.25) is 4.79 Å². The first kappa shape index (κ1) is 20.6. The van der Waals surface area contributed by atoms with Crippen LogP contribution in [-0.2, 0) is 16.0 Å². The standard InChI is InChI=1S/C23H23ClO6/c1-13(2)23(26)17(8-15-9-18(24)21-19(10-15)28-12-29-21)22(25)30-20(23)11-14-4-6-16(27-3)7-5-14/h4-7,9-11,13,17,26H,8,12H2,1-3H3/b20-11-/t17-,23+/m1/s1. The van der Waals surface area contributed by atoms with Gasteiger partial charge in [-0.15, -0.1) is 0 Å². The topological polar surface area (TPSA) is 74.2 Å². The fraction of sp³-hybridized carbons (Fsp3) is 0.348. The molecular formula is C23H23ClO6. The number of rotatable bonds is 5. The largest absolute Gasteiger partial charge is 0.497 e. The lowest BCUT2D eigenvalue weighted by atomic mass is 9.75. The van der Waals surface area contributed by atoms with E-state index in [2.05, 4.69) is 0 Å². The molecule has 1 fully saturated rings. The molecule has 158 valence electrons. The number of fused-ring (bicyclic) bond motifs is 1. The van der Waals surface area contributed by atoms with E-state index >= 15 is 0 Å². The predicted molar refractivity (Wildman–Crippen MR) is 112 cm³/mol. The normalized spacial score (nSPS) is 23.9. The van der Waals surface area contributed by atoms with Crippen LogP contribution in [0.3, 0.4) is 0 Å². The van der Waals surface area contributed by atoms with Crippen molar-refractivity contribution in [2.24, 2.45) is 11.8 Å². The van der Waals surface area contributed by atoms with Crippen molar-refractivity contribution < 1.29 is 28.8 Å². The fourth-order valence-electron chi connectivity index (χ4n) is 3.91. The Morgan fingerprint density at radius 1 is 1.27 bits per heavy atom. The molecule has 1 saturated heterocycles. The zero-order chi connectivity index (χ0) is 21.5. The molecule has 6 nitrogen and oxygen atoms in total. The first-order valence-electron chi connectivity index (χ1n) is 9.71. The van der Waals surface area contributed by atoms with Crippen LogP contribution < -0.4 is 14.2 Å². The van der Waals surface area contributed by atoms with Crippen LogP contribution in [0.4, 0.5) is 0 Å². The Morgan fingerprint density at radius 2 is 2.00 bits per heavy atom. The number of carbonyl (C=O) groups excluding carboxylic acids is 1. The van der Waals surface area contributed by atoms with E-state index in [1.54, 1.807) is 25.3 Å². The zero-order valence-corrected chi connectivity index (χ0v) is 17.7. The molecule has 0 bridgehead atoms. The molecule has 0 saturated carbocycles. The van der Waals surface area contributed by atoms with Gasteiger partial charge in [0.1, 0.15) is 17.1 Å². The molecule has 2 aromatic carbocycles. The number of halogens is 1. The number of hydrogen-bond donors (Lipinski definition) is 1. The van der Waals surface area contributed by atoms with Crippen LogP contribution in [0, 0.1) is 11.8 Å². The van der Waals surface area contributed by atoms with Crippen molar-refractivity contribution in [1.29, 1.82) is 0 Å². The minimum atomic E-state index is -1.46. The summed E-state index contributed by atoms with van der Waals surface area (Å²) in [5.41, 5.74) is 0.0975. The highest BCUT2D eigenvalue weighted by atomic mass is 35.5. The summed E-state index contributed by atoms with van der Waals surface area (Å²) in [6.07, 6.45) is 1.95.